The van der Waals surface area contributed by atoms with Crippen molar-refractivity contribution in [2.75, 3.05) is 33.9 Å². The van der Waals surface area contributed by atoms with Crippen LogP contribution in [-0.2, 0) is 16.0 Å². The van der Waals surface area contributed by atoms with Crippen molar-refractivity contribution in [1.82, 2.24) is 4.90 Å². The van der Waals surface area contributed by atoms with E-state index in [0.29, 0.717) is 31.0 Å². The number of esters is 1. The first-order valence-corrected chi connectivity index (χ1v) is 8.31. The summed E-state index contributed by atoms with van der Waals surface area (Å²) in [5, 5.41) is 8.31. The third kappa shape index (κ3) is 2.86. The van der Waals surface area contributed by atoms with E-state index in [9.17, 15) is 4.79 Å². The summed E-state index contributed by atoms with van der Waals surface area (Å²) in [6, 6.07) is 4.17. The standard InChI is InChI=1S/C18H24N2O4/c1-4-24-18(21)13-10-20-6-5-11-7-16(22-2)17(23-3)8-12(11)15(20)9-14(13)19/h7-8,13,15,19H,4-6,9-10H2,1-3H3/t13?,15-/m0/s1. The molecule has 2 heterocycles. The third-order valence-electron chi connectivity index (χ3n) is 4.94. The number of nitrogens with one attached hydrogen (secondary N) is 1. The van der Waals surface area contributed by atoms with Crippen LogP contribution in [0.1, 0.15) is 30.5 Å². The average Bonchev–Trinajstić information content (AvgIpc) is 2.60. The number of carbonyl (C=O) groups is 1. The topological polar surface area (TPSA) is 71.8 Å². The van der Waals surface area contributed by atoms with E-state index < -0.39 is 5.92 Å². The third-order valence-corrected chi connectivity index (χ3v) is 4.94. The van der Waals surface area contributed by atoms with Crippen LogP contribution in [0.2, 0.25) is 0 Å². The molecule has 0 radical (unpaired) electrons. The molecule has 1 aromatic rings. The number of hydrogen-bond acceptors (Lipinski definition) is 6. The van der Waals surface area contributed by atoms with Crippen LogP contribution >= 0.6 is 0 Å². The van der Waals surface area contributed by atoms with E-state index in [0.717, 1.165) is 18.7 Å². The predicted octanol–water partition coefficient (Wildman–Crippen LogP) is 2.21. The number of ether oxygens (including phenoxy) is 3. The molecule has 2 aliphatic rings. The largest absolute Gasteiger partial charge is 0.493 e. The van der Waals surface area contributed by atoms with Gasteiger partial charge in [0.05, 0.1) is 20.8 Å². The molecule has 0 spiro atoms. The maximum Gasteiger partial charge on any atom is 0.315 e. The lowest BCUT2D eigenvalue weighted by Crippen LogP contribution is -2.48. The Labute approximate surface area is 142 Å². The molecule has 0 aromatic heterocycles. The number of hydrogen-bond donors (Lipinski definition) is 1. The minimum Gasteiger partial charge on any atom is -0.493 e. The SMILES string of the molecule is CCOC(=O)C1CN2CCc3cc(OC)c(OC)cc3[C@@H]2CC1=N. The molecule has 0 bridgehead atoms. The summed E-state index contributed by atoms with van der Waals surface area (Å²) in [5.74, 6) is 0.721. The van der Waals surface area contributed by atoms with Gasteiger partial charge < -0.3 is 19.6 Å². The van der Waals surface area contributed by atoms with Gasteiger partial charge in [-0.15, -0.1) is 0 Å². The first-order valence-electron chi connectivity index (χ1n) is 8.31. The molecule has 3 rings (SSSR count). The van der Waals surface area contributed by atoms with Crippen LogP contribution in [0.15, 0.2) is 12.1 Å². The number of methoxy groups -OCH3 is 2. The highest BCUT2D eigenvalue weighted by Gasteiger charge is 2.40. The first-order chi connectivity index (χ1) is 11.6. The van der Waals surface area contributed by atoms with E-state index >= 15 is 0 Å². The Morgan fingerprint density at radius 2 is 2.00 bits per heavy atom. The maximum absolute atomic E-state index is 12.1. The lowest BCUT2D eigenvalue weighted by atomic mass is 9.82. The predicted molar refractivity (Wildman–Crippen MR) is 90.0 cm³/mol. The summed E-state index contributed by atoms with van der Waals surface area (Å²) in [4.78, 5) is 14.4. The van der Waals surface area contributed by atoms with Crippen molar-refractivity contribution in [3.63, 3.8) is 0 Å². The smallest absolute Gasteiger partial charge is 0.315 e. The summed E-state index contributed by atoms with van der Waals surface area (Å²) in [6.45, 7) is 3.57. The number of carbonyl (C=O) groups excluding carboxylic acids is 1. The Bertz CT molecular complexity index is 659. The van der Waals surface area contributed by atoms with Crippen molar-refractivity contribution < 1.29 is 19.0 Å². The van der Waals surface area contributed by atoms with Crippen molar-refractivity contribution in [2.45, 2.75) is 25.8 Å². The molecule has 2 aliphatic heterocycles. The molecular weight excluding hydrogens is 308 g/mol. The van der Waals surface area contributed by atoms with Crippen LogP contribution < -0.4 is 9.47 Å². The Kier molecular flexibility index (Phi) is 4.76. The second-order valence-corrected chi connectivity index (χ2v) is 6.20. The van der Waals surface area contributed by atoms with Gasteiger partial charge in [-0.1, -0.05) is 0 Å². The Morgan fingerprint density at radius 1 is 1.29 bits per heavy atom. The quantitative estimate of drug-likeness (QED) is 0.856. The van der Waals surface area contributed by atoms with E-state index in [4.69, 9.17) is 19.6 Å². The van der Waals surface area contributed by atoms with Crippen LogP contribution in [0.5, 0.6) is 11.5 Å². The van der Waals surface area contributed by atoms with Crippen LogP contribution in [0, 0.1) is 11.3 Å². The summed E-state index contributed by atoms with van der Waals surface area (Å²) in [7, 11) is 3.27. The zero-order valence-electron chi connectivity index (χ0n) is 14.4. The van der Waals surface area contributed by atoms with Crippen LogP contribution in [0.25, 0.3) is 0 Å². The first kappa shape index (κ1) is 16.8. The van der Waals surface area contributed by atoms with Crippen molar-refractivity contribution in [3.8, 4) is 11.5 Å². The fourth-order valence-corrected chi connectivity index (χ4v) is 3.69. The number of fused-ring (bicyclic) bond motifs is 3. The van der Waals surface area contributed by atoms with E-state index in [1.165, 1.54) is 11.1 Å². The van der Waals surface area contributed by atoms with Gasteiger partial charge in [-0.25, -0.2) is 0 Å². The molecule has 130 valence electrons. The van der Waals surface area contributed by atoms with Crippen LogP contribution in [0.4, 0.5) is 0 Å². The molecule has 0 saturated carbocycles. The molecule has 1 fully saturated rings. The summed E-state index contributed by atoms with van der Waals surface area (Å²) in [6.07, 6.45) is 1.45. The van der Waals surface area contributed by atoms with Gasteiger partial charge in [0.15, 0.2) is 11.5 Å². The molecule has 2 atom stereocenters. The van der Waals surface area contributed by atoms with E-state index in [-0.39, 0.29) is 12.0 Å². The van der Waals surface area contributed by atoms with Gasteiger partial charge in [-0.2, -0.15) is 0 Å². The highest BCUT2D eigenvalue weighted by atomic mass is 16.5. The Hall–Kier alpha value is -2.08. The summed E-state index contributed by atoms with van der Waals surface area (Å²) >= 11 is 0. The maximum atomic E-state index is 12.1. The lowest BCUT2D eigenvalue weighted by molar-refractivity contribution is -0.146. The molecular formula is C18H24N2O4. The molecule has 1 aromatic carbocycles. The fraction of sp³-hybridized carbons (Fsp3) is 0.556. The Morgan fingerprint density at radius 3 is 2.67 bits per heavy atom. The van der Waals surface area contributed by atoms with Gasteiger partial charge in [0.25, 0.3) is 0 Å². The minimum absolute atomic E-state index is 0.117. The molecule has 0 aliphatic carbocycles. The number of piperidine rings is 1. The van der Waals surface area contributed by atoms with Crippen LogP contribution in [0.3, 0.4) is 0 Å². The van der Waals surface area contributed by atoms with Gasteiger partial charge in [0.1, 0.15) is 5.92 Å². The minimum atomic E-state index is -0.442. The second kappa shape index (κ2) is 6.81. The second-order valence-electron chi connectivity index (χ2n) is 6.20. The average molecular weight is 332 g/mol. The summed E-state index contributed by atoms with van der Waals surface area (Å²) in [5.41, 5.74) is 2.86. The van der Waals surface area contributed by atoms with Gasteiger partial charge in [-0.3, -0.25) is 9.69 Å². The molecule has 24 heavy (non-hydrogen) atoms. The Balaban J connectivity index is 1.88. The van der Waals surface area contributed by atoms with Crippen LogP contribution in [-0.4, -0.2) is 50.5 Å². The molecule has 6 nitrogen and oxygen atoms in total. The van der Waals surface area contributed by atoms with Crippen molar-refractivity contribution in [2.24, 2.45) is 5.92 Å². The molecule has 1 unspecified atom stereocenters. The van der Waals surface area contributed by atoms with Gasteiger partial charge in [-0.05, 0) is 36.6 Å². The van der Waals surface area contributed by atoms with Gasteiger partial charge >= 0.3 is 5.97 Å². The number of rotatable bonds is 4. The van der Waals surface area contributed by atoms with E-state index in [1.807, 2.05) is 12.1 Å². The monoisotopic (exact) mass is 332 g/mol. The van der Waals surface area contributed by atoms with E-state index in [1.54, 1.807) is 21.1 Å². The van der Waals surface area contributed by atoms with Crippen molar-refractivity contribution in [1.29, 1.82) is 5.41 Å². The van der Waals surface area contributed by atoms with Crippen molar-refractivity contribution >= 4 is 11.7 Å². The number of nitrogens with zero attached hydrogens (tertiary/aromatic N) is 1. The molecule has 1 saturated heterocycles. The normalized spacial score (nSPS) is 23.2. The molecule has 0 amide bonds. The zero-order valence-corrected chi connectivity index (χ0v) is 14.4. The van der Waals surface area contributed by atoms with E-state index in [2.05, 4.69) is 4.90 Å². The number of benzene rings is 1. The highest BCUT2D eigenvalue weighted by Crippen LogP contribution is 2.42. The van der Waals surface area contributed by atoms with Crippen molar-refractivity contribution in [3.05, 3.63) is 23.3 Å². The fourth-order valence-electron chi connectivity index (χ4n) is 3.69. The molecule has 6 heteroatoms. The lowest BCUT2D eigenvalue weighted by Gasteiger charge is -2.43. The van der Waals surface area contributed by atoms with Gasteiger partial charge in [0, 0.05) is 31.3 Å². The highest BCUT2D eigenvalue weighted by molar-refractivity contribution is 6.01. The van der Waals surface area contributed by atoms with Gasteiger partial charge in [0.2, 0.25) is 0 Å². The summed E-state index contributed by atoms with van der Waals surface area (Å²) < 4.78 is 15.9. The zero-order chi connectivity index (χ0) is 17.3. The molecule has 1 N–H and O–H groups in total.